The maximum Gasteiger partial charge on any atom is 0.310 e. The van der Waals surface area contributed by atoms with Gasteiger partial charge >= 0.3 is 5.69 Å². The van der Waals surface area contributed by atoms with Gasteiger partial charge in [-0.1, -0.05) is 0 Å². The number of nitro groups is 1. The first-order chi connectivity index (χ1) is 9.90. The predicted molar refractivity (Wildman–Crippen MR) is 77.4 cm³/mol. The van der Waals surface area contributed by atoms with E-state index < -0.39 is 16.4 Å². The highest BCUT2D eigenvalue weighted by Crippen LogP contribution is 2.27. The van der Waals surface area contributed by atoms with E-state index in [0.717, 1.165) is 22.7 Å². The molecule has 0 aliphatic heterocycles. The lowest BCUT2D eigenvalue weighted by molar-refractivity contribution is -0.385. The molecule has 8 heteroatoms. The molecule has 0 saturated carbocycles. The smallest absolute Gasteiger partial charge is 0.310 e. The molecule has 2 aromatic rings. The van der Waals surface area contributed by atoms with Crippen molar-refractivity contribution in [2.45, 2.75) is 13.5 Å². The number of nitrogens with zero attached hydrogens (tertiary/aromatic N) is 3. The molecule has 1 amide bonds. The summed E-state index contributed by atoms with van der Waals surface area (Å²) in [6, 6.07) is 3.56. The van der Waals surface area contributed by atoms with Gasteiger partial charge in [-0.2, -0.15) is 0 Å². The average Bonchev–Trinajstić information content (AvgIpc) is 2.82. The topological polar surface area (TPSA) is 96.6 Å². The summed E-state index contributed by atoms with van der Waals surface area (Å²) in [5.74, 6) is -0.846. The van der Waals surface area contributed by atoms with Crippen LogP contribution in [0, 0.1) is 17.0 Å². The van der Waals surface area contributed by atoms with Gasteiger partial charge in [0.25, 0.3) is 5.91 Å². The van der Waals surface area contributed by atoms with Crippen LogP contribution in [0.4, 0.5) is 5.69 Å². The molecule has 0 fully saturated rings. The van der Waals surface area contributed by atoms with Crippen LogP contribution in [-0.4, -0.2) is 32.9 Å². The summed E-state index contributed by atoms with van der Waals surface area (Å²) in [6.07, 6.45) is 0. The van der Waals surface area contributed by atoms with Crippen molar-refractivity contribution in [3.05, 3.63) is 50.0 Å². The van der Waals surface area contributed by atoms with Gasteiger partial charge in [-0.05, 0) is 19.1 Å². The van der Waals surface area contributed by atoms with Crippen molar-refractivity contribution in [3.8, 4) is 5.75 Å². The minimum Gasteiger partial charge on any atom is -0.502 e. The number of thiazole rings is 1. The number of rotatable bonds is 4. The fraction of sp³-hybridized carbons (Fsp3) is 0.231. The van der Waals surface area contributed by atoms with Gasteiger partial charge in [0, 0.05) is 23.6 Å². The van der Waals surface area contributed by atoms with Crippen molar-refractivity contribution in [2.75, 3.05) is 7.05 Å². The maximum atomic E-state index is 12.2. The van der Waals surface area contributed by atoms with E-state index in [9.17, 15) is 20.0 Å². The first-order valence-electron chi connectivity index (χ1n) is 6.02. The normalized spacial score (nSPS) is 10.4. The van der Waals surface area contributed by atoms with Crippen LogP contribution in [0.3, 0.4) is 0 Å². The van der Waals surface area contributed by atoms with Crippen LogP contribution < -0.4 is 0 Å². The summed E-state index contributed by atoms with van der Waals surface area (Å²) in [5.41, 5.74) is 2.35. The zero-order valence-corrected chi connectivity index (χ0v) is 12.3. The minimum absolute atomic E-state index is 0.197. The number of amides is 1. The Kier molecular flexibility index (Phi) is 4.18. The number of hydrogen-bond donors (Lipinski definition) is 1. The molecule has 1 aromatic heterocycles. The third kappa shape index (κ3) is 3.16. The summed E-state index contributed by atoms with van der Waals surface area (Å²) in [5, 5.41) is 20.2. The van der Waals surface area contributed by atoms with Crippen molar-refractivity contribution in [3.63, 3.8) is 0 Å². The molecule has 0 bridgehead atoms. The molecule has 0 aliphatic carbocycles. The predicted octanol–water partition coefficient (Wildman–Crippen LogP) is 2.34. The zero-order valence-electron chi connectivity index (χ0n) is 11.4. The largest absolute Gasteiger partial charge is 0.502 e. The number of hydrogen-bond acceptors (Lipinski definition) is 6. The lowest BCUT2D eigenvalue weighted by atomic mass is 10.1. The van der Waals surface area contributed by atoms with E-state index in [1.807, 2.05) is 6.92 Å². The van der Waals surface area contributed by atoms with Crippen LogP contribution >= 0.6 is 11.3 Å². The first-order valence-corrected chi connectivity index (χ1v) is 6.90. The average molecular weight is 307 g/mol. The Morgan fingerprint density at radius 3 is 2.76 bits per heavy atom. The summed E-state index contributed by atoms with van der Waals surface area (Å²) in [6.45, 7) is 2.26. The molecular weight excluding hydrogens is 294 g/mol. The highest BCUT2D eigenvalue weighted by atomic mass is 32.1. The second kappa shape index (κ2) is 5.88. The monoisotopic (exact) mass is 307 g/mol. The molecule has 0 aliphatic rings. The van der Waals surface area contributed by atoms with Gasteiger partial charge in [0.05, 0.1) is 22.7 Å². The SMILES string of the molecule is Cc1ncsc1CN(C)C(=O)c1ccc([N+](=O)[O-])c(O)c1. The lowest BCUT2D eigenvalue weighted by Crippen LogP contribution is -2.26. The zero-order chi connectivity index (χ0) is 15.6. The molecule has 110 valence electrons. The third-order valence-corrected chi connectivity index (χ3v) is 3.91. The van der Waals surface area contributed by atoms with Crippen LogP contribution in [-0.2, 0) is 6.54 Å². The van der Waals surface area contributed by atoms with Gasteiger partial charge in [-0.3, -0.25) is 14.9 Å². The van der Waals surface area contributed by atoms with Gasteiger partial charge < -0.3 is 10.0 Å². The highest BCUT2D eigenvalue weighted by molar-refractivity contribution is 7.09. The summed E-state index contributed by atoms with van der Waals surface area (Å²) < 4.78 is 0. The van der Waals surface area contributed by atoms with Gasteiger partial charge in [0.15, 0.2) is 5.75 Å². The molecule has 1 heterocycles. The lowest BCUT2D eigenvalue weighted by Gasteiger charge is -2.16. The summed E-state index contributed by atoms with van der Waals surface area (Å²) in [4.78, 5) is 28.7. The summed E-state index contributed by atoms with van der Waals surface area (Å²) >= 11 is 1.46. The van der Waals surface area contributed by atoms with Crippen molar-refractivity contribution in [2.24, 2.45) is 0 Å². The molecule has 0 saturated heterocycles. The second-order valence-corrected chi connectivity index (χ2v) is 5.42. The van der Waals surface area contributed by atoms with Crippen molar-refractivity contribution < 1.29 is 14.8 Å². The van der Waals surface area contributed by atoms with E-state index in [0.29, 0.717) is 6.54 Å². The Labute approximate surface area is 124 Å². The fourth-order valence-electron chi connectivity index (χ4n) is 1.80. The summed E-state index contributed by atoms with van der Waals surface area (Å²) in [7, 11) is 1.62. The number of aryl methyl sites for hydroxylation is 1. The highest BCUT2D eigenvalue weighted by Gasteiger charge is 2.19. The van der Waals surface area contributed by atoms with E-state index in [4.69, 9.17) is 0 Å². The number of nitro benzene ring substituents is 1. The molecule has 1 N–H and O–H groups in total. The molecule has 2 rings (SSSR count). The fourth-order valence-corrected chi connectivity index (χ4v) is 2.63. The number of phenolic OH excluding ortho intramolecular Hbond substituents is 1. The molecular formula is C13H13N3O4S. The van der Waals surface area contributed by atoms with Crippen molar-refractivity contribution >= 4 is 22.9 Å². The standard InChI is InChI=1S/C13H13N3O4S/c1-8-12(21-7-14-8)6-15(2)13(18)9-3-4-10(16(19)20)11(17)5-9/h3-5,7,17H,6H2,1-2H3. The Bertz CT molecular complexity index is 698. The molecule has 0 spiro atoms. The number of aromatic nitrogens is 1. The maximum absolute atomic E-state index is 12.2. The number of aromatic hydroxyl groups is 1. The van der Waals surface area contributed by atoms with Crippen LogP contribution in [0.2, 0.25) is 0 Å². The van der Waals surface area contributed by atoms with Crippen molar-refractivity contribution in [1.29, 1.82) is 0 Å². The van der Waals surface area contributed by atoms with Crippen LogP contribution in [0.1, 0.15) is 20.9 Å². The van der Waals surface area contributed by atoms with E-state index in [1.165, 1.54) is 22.3 Å². The molecule has 0 atom stereocenters. The van der Waals surface area contributed by atoms with Gasteiger partial charge in [0.2, 0.25) is 0 Å². The Morgan fingerprint density at radius 2 is 2.24 bits per heavy atom. The first kappa shape index (κ1) is 14.9. The molecule has 7 nitrogen and oxygen atoms in total. The van der Waals surface area contributed by atoms with Gasteiger partial charge in [-0.15, -0.1) is 11.3 Å². The molecule has 0 radical (unpaired) electrons. The Hall–Kier alpha value is -2.48. The van der Waals surface area contributed by atoms with E-state index in [-0.39, 0.29) is 11.5 Å². The molecule has 0 unspecified atom stereocenters. The Balaban J connectivity index is 2.18. The minimum atomic E-state index is -0.700. The van der Waals surface area contributed by atoms with E-state index in [2.05, 4.69) is 4.98 Å². The van der Waals surface area contributed by atoms with Gasteiger partial charge in [-0.25, -0.2) is 4.98 Å². The quantitative estimate of drug-likeness (QED) is 0.690. The second-order valence-electron chi connectivity index (χ2n) is 4.48. The number of phenols is 1. The van der Waals surface area contributed by atoms with Crippen LogP contribution in [0.25, 0.3) is 0 Å². The van der Waals surface area contributed by atoms with E-state index in [1.54, 1.807) is 12.6 Å². The number of carbonyl (C=O) groups is 1. The van der Waals surface area contributed by atoms with Gasteiger partial charge in [0.1, 0.15) is 0 Å². The van der Waals surface area contributed by atoms with Crippen LogP contribution in [0.5, 0.6) is 5.75 Å². The number of carbonyl (C=O) groups excluding carboxylic acids is 1. The van der Waals surface area contributed by atoms with Crippen molar-refractivity contribution in [1.82, 2.24) is 9.88 Å². The Morgan fingerprint density at radius 1 is 1.52 bits per heavy atom. The van der Waals surface area contributed by atoms with E-state index >= 15 is 0 Å². The number of benzene rings is 1. The molecule has 21 heavy (non-hydrogen) atoms. The molecule has 1 aromatic carbocycles. The van der Waals surface area contributed by atoms with Crippen LogP contribution in [0.15, 0.2) is 23.7 Å². The third-order valence-electron chi connectivity index (χ3n) is 2.99.